The van der Waals surface area contributed by atoms with Crippen molar-refractivity contribution < 1.29 is 9.59 Å². The number of carbonyl (C=O) groups excluding carboxylic acids is 2. The quantitative estimate of drug-likeness (QED) is 0.636. The number of fused-ring (bicyclic) bond motifs is 1. The van der Waals surface area contributed by atoms with Crippen LogP contribution in [0.5, 0.6) is 0 Å². The number of hydrogen-bond acceptors (Lipinski definition) is 3. The summed E-state index contributed by atoms with van der Waals surface area (Å²) in [5, 5.41) is 0.358. The summed E-state index contributed by atoms with van der Waals surface area (Å²) < 4.78 is 0. The molecule has 5 heteroatoms. The van der Waals surface area contributed by atoms with Gasteiger partial charge in [0, 0.05) is 11.8 Å². The first-order valence-electron chi connectivity index (χ1n) is 7.06. The zero-order valence-corrected chi connectivity index (χ0v) is 12.1. The first-order chi connectivity index (χ1) is 9.61. The smallest absolute Gasteiger partial charge is 0.233 e. The zero-order valence-electron chi connectivity index (χ0n) is 11.4. The minimum Gasteiger partial charge on any atom is -0.277 e. The van der Waals surface area contributed by atoms with Crippen LogP contribution in [0, 0.1) is 17.8 Å². The molecule has 1 aliphatic heterocycles. The van der Waals surface area contributed by atoms with Gasteiger partial charge >= 0.3 is 0 Å². The maximum absolute atomic E-state index is 12.4. The van der Waals surface area contributed by atoms with E-state index in [1.807, 2.05) is 0 Å². The zero-order chi connectivity index (χ0) is 14.3. The Morgan fingerprint density at radius 3 is 2.50 bits per heavy atom. The summed E-state index contributed by atoms with van der Waals surface area (Å²) in [6, 6.07) is 3.57. The number of rotatable bonds is 3. The van der Waals surface area contributed by atoms with Crippen molar-refractivity contribution in [2.45, 2.75) is 32.7 Å². The highest BCUT2D eigenvalue weighted by atomic mass is 35.5. The molecule has 2 fully saturated rings. The third-order valence-corrected chi connectivity index (χ3v) is 4.91. The Hall–Kier alpha value is -1.42. The second-order valence-corrected chi connectivity index (χ2v) is 6.03. The predicted molar refractivity (Wildman–Crippen MR) is 74.8 cm³/mol. The Morgan fingerprint density at radius 1 is 1.30 bits per heavy atom. The number of halogens is 1. The Bertz CT molecular complexity index is 537. The molecule has 2 heterocycles. The van der Waals surface area contributed by atoms with E-state index in [1.165, 1.54) is 4.90 Å². The summed E-state index contributed by atoms with van der Waals surface area (Å²) in [4.78, 5) is 30.2. The van der Waals surface area contributed by atoms with Crippen molar-refractivity contribution in [1.82, 2.24) is 9.88 Å². The number of amides is 2. The van der Waals surface area contributed by atoms with Gasteiger partial charge in [-0.25, -0.2) is 4.98 Å². The average Bonchev–Trinajstić information content (AvgIpc) is 2.96. The van der Waals surface area contributed by atoms with Crippen molar-refractivity contribution in [1.29, 1.82) is 0 Å². The molecule has 106 valence electrons. The maximum atomic E-state index is 12.4. The molecule has 1 aromatic rings. The SMILES string of the molecule is CCC1CC2C(=O)N(Cc3cccnc3Cl)C(=O)C2C1. The van der Waals surface area contributed by atoms with Crippen LogP contribution in [0.15, 0.2) is 18.3 Å². The van der Waals surface area contributed by atoms with Crippen LogP contribution >= 0.6 is 11.6 Å². The fourth-order valence-electron chi connectivity index (χ4n) is 3.39. The molecule has 3 rings (SSSR count). The van der Waals surface area contributed by atoms with Gasteiger partial charge in [0.15, 0.2) is 0 Å². The van der Waals surface area contributed by atoms with Gasteiger partial charge in [0.25, 0.3) is 0 Å². The van der Waals surface area contributed by atoms with Crippen LogP contribution in [0.4, 0.5) is 0 Å². The largest absolute Gasteiger partial charge is 0.277 e. The van der Waals surface area contributed by atoms with E-state index in [4.69, 9.17) is 11.6 Å². The lowest BCUT2D eigenvalue weighted by molar-refractivity contribution is -0.141. The molecule has 2 aliphatic rings. The average molecular weight is 293 g/mol. The molecule has 4 nitrogen and oxygen atoms in total. The Morgan fingerprint density at radius 2 is 1.95 bits per heavy atom. The number of imide groups is 1. The number of nitrogens with zero attached hydrogens (tertiary/aromatic N) is 2. The summed E-state index contributed by atoms with van der Waals surface area (Å²) in [6.07, 6.45) is 4.34. The van der Waals surface area contributed by atoms with E-state index in [0.29, 0.717) is 11.1 Å². The van der Waals surface area contributed by atoms with E-state index >= 15 is 0 Å². The molecule has 2 unspecified atom stereocenters. The summed E-state index contributed by atoms with van der Waals surface area (Å²) in [5.41, 5.74) is 0.725. The summed E-state index contributed by atoms with van der Waals surface area (Å²) in [7, 11) is 0. The number of likely N-dealkylation sites (tertiary alicyclic amines) is 1. The number of aromatic nitrogens is 1. The minimum atomic E-state index is -0.108. The van der Waals surface area contributed by atoms with Gasteiger partial charge in [0.1, 0.15) is 5.15 Å². The summed E-state index contributed by atoms with van der Waals surface area (Å²) >= 11 is 6.00. The van der Waals surface area contributed by atoms with Gasteiger partial charge < -0.3 is 0 Å². The molecule has 1 aliphatic carbocycles. The van der Waals surface area contributed by atoms with Crippen molar-refractivity contribution in [3.05, 3.63) is 29.0 Å². The normalized spacial score (nSPS) is 29.1. The number of carbonyl (C=O) groups is 2. The number of hydrogen-bond donors (Lipinski definition) is 0. The van der Waals surface area contributed by atoms with E-state index in [9.17, 15) is 9.59 Å². The van der Waals surface area contributed by atoms with Crippen molar-refractivity contribution >= 4 is 23.4 Å². The van der Waals surface area contributed by atoms with Crippen molar-refractivity contribution in [3.8, 4) is 0 Å². The van der Waals surface area contributed by atoms with E-state index in [2.05, 4.69) is 11.9 Å². The van der Waals surface area contributed by atoms with Gasteiger partial charge in [-0.1, -0.05) is 31.0 Å². The first-order valence-corrected chi connectivity index (χ1v) is 7.44. The second-order valence-electron chi connectivity index (χ2n) is 5.67. The van der Waals surface area contributed by atoms with Crippen LogP contribution in [0.3, 0.4) is 0 Å². The van der Waals surface area contributed by atoms with Gasteiger partial charge in [-0.3, -0.25) is 14.5 Å². The fraction of sp³-hybridized carbons (Fsp3) is 0.533. The fourth-order valence-corrected chi connectivity index (χ4v) is 3.57. The second kappa shape index (κ2) is 5.17. The molecule has 1 saturated carbocycles. The monoisotopic (exact) mass is 292 g/mol. The van der Waals surface area contributed by atoms with E-state index in [0.717, 1.165) is 24.8 Å². The minimum absolute atomic E-state index is 0.0316. The molecule has 1 aromatic heterocycles. The third-order valence-electron chi connectivity index (χ3n) is 4.57. The van der Waals surface area contributed by atoms with E-state index in [-0.39, 0.29) is 30.2 Å². The number of pyridine rings is 1. The van der Waals surface area contributed by atoms with Crippen molar-refractivity contribution in [3.63, 3.8) is 0 Å². The predicted octanol–water partition coefficient (Wildman–Crippen LogP) is 2.66. The lowest BCUT2D eigenvalue weighted by Gasteiger charge is -2.17. The molecule has 0 N–H and O–H groups in total. The van der Waals surface area contributed by atoms with Gasteiger partial charge in [-0.2, -0.15) is 0 Å². The van der Waals surface area contributed by atoms with Crippen LogP contribution in [0.2, 0.25) is 5.15 Å². The molecular weight excluding hydrogens is 276 g/mol. The summed E-state index contributed by atoms with van der Waals surface area (Å²) in [5.74, 6) is 0.236. The van der Waals surface area contributed by atoms with E-state index in [1.54, 1.807) is 18.3 Å². The molecule has 0 spiro atoms. The molecule has 0 bridgehead atoms. The van der Waals surface area contributed by atoms with Crippen molar-refractivity contribution in [2.24, 2.45) is 17.8 Å². The molecule has 2 atom stereocenters. The lowest BCUT2D eigenvalue weighted by atomic mass is 10.00. The Labute approximate surface area is 123 Å². The highest BCUT2D eigenvalue weighted by molar-refractivity contribution is 6.30. The van der Waals surface area contributed by atoms with Crippen LogP contribution in [-0.2, 0) is 16.1 Å². The standard InChI is InChI=1S/C15H17ClN2O2/c1-2-9-6-11-12(7-9)15(20)18(14(11)19)8-10-4-3-5-17-13(10)16/h3-5,9,11-12H,2,6-8H2,1H3. The van der Waals surface area contributed by atoms with Gasteiger partial charge in [-0.15, -0.1) is 0 Å². The molecule has 1 saturated heterocycles. The molecule has 20 heavy (non-hydrogen) atoms. The van der Waals surface area contributed by atoms with Crippen molar-refractivity contribution in [2.75, 3.05) is 0 Å². The summed E-state index contributed by atoms with van der Waals surface area (Å²) in [6.45, 7) is 2.36. The Balaban J connectivity index is 1.79. The molecule has 0 aromatic carbocycles. The van der Waals surface area contributed by atoms with Gasteiger partial charge in [0.2, 0.25) is 11.8 Å². The molecule has 2 amide bonds. The van der Waals surface area contributed by atoms with Crippen LogP contribution in [0.1, 0.15) is 31.7 Å². The molecular formula is C15H17ClN2O2. The van der Waals surface area contributed by atoms with Gasteiger partial charge in [0.05, 0.1) is 18.4 Å². The van der Waals surface area contributed by atoms with Crippen LogP contribution in [-0.4, -0.2) is 21.7 Å². The highest BCUT2D eigenvalue weighted by Crippen LogP contribution is 2.44. The molecule has 0 radical (unpaired) electrons. The highest BCUT2D eigenvalue weighted by Gasteiger charge is 2.52. The van der Waals surface area contributed by atoms with E-state index < -0.39 is 0 Å². The van der Waals surface area contributed by atoms with Gasteiger partial charge in [-0.05, 0) is 24.8 Å². The first kappa shape index (κ1) is 13.6. The van der Waals surface area contributed by atoms with Crippen LogP contribution < -0.4 is 0 Å². The van der Waals surface area contributed by atoms with Crippen LogP contribution in [0.25, 0.3) is 0 Å². The third kappa shape index (κ3) is 2.12. The maximum Gasteiger partial charge on any atom is 0.233 e. The lowest BCUT2D eigenvalue weighted by Crippen LogP contribution is -2.32. The topological polar surface area (TPSA) is 50.3 Å². The Kier molecular flexibility index (Phi) is 3.50.